The first kappa shape index (κ1) is 19.1. The van der Waals surface area contributed by atoms with Gasteiger partial charge >= 0.3 is 12.1 Å². The van der Waals surface area contributed by atoms with Crippen LogP contribution in [0.3, 0.4) is 0 Å². The van der Waals surface area contributed by atoms with Crippen molar-refractivity contribution in [3.8, 4) is 0 Å². The van der Waals surface area contributed by atoms with Crippen LogP contribution in [0.25, 0.3) is 0 Å². The Morgan fingerprint density at radius 1 is 1.10 bits per heavy atom. The molecule has 120 valence electrons. The van der Waals surface area contributed by atoms with Crippen LogP contribution in [0.5, 0.6) is 0 Å². The molecule has 0 aromatic carbocycles. The SMILES string of the molecule is CCOC(CO)(OCC)OCCNC(=O)OC(C)(C)C. The van der Waals surface area contributed by atoms with Gasteiger partial charge in [0.2, 0.25) is 0 Å². The monoisotopic (exact) mass is 293 g/mol. The van der Waals surface area contributed by atoms with E-state index in [0.717, 1.165) is 0 Å². The van der Waals surface area contributed by atoms with E-state index in [-0.39, 0.29) is 13.2 Å². The third kappa shape index (κ3) is 8.31. The molecule has 0 atom stereocenters. The van der Waals surface area contributed by atoms with E-state index >= 15 is 0 Å². The van der Waals surface area contributed by atoms with Gasteiger partial charge in [0.1, 0.15) is 12.2 Å². The molecule has 0 unspecified atom stereocenters. The number of amides is 1. The number of alkyl carbamates (subject to hydrolysis) is 1. The van der Waals surface area contributed by atoms with Crippen molar-refractivity contribution in [3.05, 3.63) is 0 Å². The smallest absolute Gasteiger partial charge is 0.407 e. The van der Waals surface area contributed by atoms with E-state index in [1.165, 1.54) is 0 Å². The Hall–Kier alpha value is -0.890. The predicted molar refractivity (Wildman–Crippen MR) is 73.3 cm³/mol. The van der Waals surface area contributed by atoms with Crippen LogP contribution in [0.1, 0.15) is 34.6 Å². The van der Waals surface area contributed by atoms with Crippen LogP contribution in [0.15, 0.2) is 0 Å². The van der Waals surface area contributed by atoms with Gasteiger partial charge in [0.15, 0.2) is 0 Å². The molecule has 0 rings (SSSR count). The molecule has 0 spiro atoms. The summed E-state index contributed by atoms with van der Waals surface area (Å²) in [5, 5.41) is 11.9. The van der Waals surface area contributed by atoms with Crippen molar-refractivity contribution in [1.29, 1.82) is 0 Å². The molecule has 0 aliphatic heterocycles. The van der Waals surface area contributed by atoms with E-state index in [1.807, 2.05) is 0 Å². The summed E-state index contributed by atoms with van der Waals surface area (Å²) < 4.78 is 21.0. The fourth-order valence-corrected chi connectivity index (χ4v) is 1.38. The summed E-state index contributed by atoms with van der Waals surface area (Å²) in [4.78, 5) is 11.4. The zero-order valence-electron chi connectivity index (χ0n) is 13.0. The molecule has 0 fully saturated rings. The number of hydrogen-bond acceptors (Lipinski definition) is 6. The summed E-state index contributed by atoms with van der Waals surface area (Å²) in [7, 11) is 0. The fraction of sp³-hybridized carbons (Fsp3) is 0.923. The van der Waals surface area contributed by atoms with Gasteiger partial charge < -0.3 is 29.4 Å². The Balaban J connectivity index is 4.09. The van der Waals surface area contributed by atoms with Gasteiger partial charge in [-0.3, -0.25) is 0 Å². The lowest BCUT2D eigenvalue weighted by atomic mass is 10.2. The molecule has 0 radical (unpaired) electrons. The quantitative estimate of drug-likeness (QED) is 0.491. The van der Waals surface area contributed by atoms with Gasteiger partial charge in [0.25, 0.3) is 0 Å². The first-order valence-electron chi connectivity index (χ1n) is 6.78. The highest BCUT2D eigenvalue weighted by Gasteiger charge is 2.32. The molecule has 0 saturated heterocycles. The minimum Gasteiger partial charge on any atom is -0.444 e. The van der Waals surface area contributed by atoms with Crippen LogP contribution in [-0.2, 0) is 18.9 Å². The van der Waals surface area contributed by atoms with Gasteiger partial charge in [-0.1, -0.05) is 0 Å². The fourth-order valence-electron chi connectivity index (χ4n) is 1.38. The van der Waals surface area contributed by atoms with Gasteiger partial charge in [-0.2, -0.15) is 0 Å². The maximum atomic E-state index is 11.4. The molecular weight excluding hydrogens is 266 g/mol. The number of carbonyl (C=O) groups excluding carboxylic acids is 1. The minimum atomic E-state index is -1.47. The third-order valence-electron chi connectivity index (χ3n) is 2.01. The van der Waals surface area contributed by atoms with Gasteiger partial charge in [-0.05, 0) is 34.6 Å². The number of aliphatic hydroxyl groups excluding tert-OH is 1. The van der Waals surface area contributed by atoms with Crippen LogP contribution in [0.2, 0.25) is 0 Å². The number of aliphatic hydroxyl groups is 1. The first-order valence-corrected chi connectivity index (χ1v) is 6.78. The second kappa shape index (κ2) is 9.12. The summed E-state index contributed by atoms with van der Waals surface area (Å²) >= 11 is 0. The average Bonchev–Trinajstić information content (AvgIpc) is 2.33. The maximum absolute atomic E-state index is 11.4. The molecule has 0 bridgehead atoms. The molecule has 0 aliphatic carbocycles. The highest BCUT2D eigenvalue weighted by Crippen LogP contribution is 2.14. The molecule has 0 heterocycles. The van der Waals surface area contributed by atoms with E-state index in [1.54, 1.807) is 34.6 Å². The van der Waals surface area contributed by atoms with Gasteiger partial charge in [-0.15, -0.1) is 0 Å². The molecule has 0 aromatic rings. The lowest BCUT2D eigenvalue weighted by Gasteiger charge is -2.30. The highest BCUT2D eigenvalue weighted by molar-refractivity contribution is 5.67. The first-order chi connectivity index (χ1) is 9.28. The van der Waals surface area contributed by atoms with Crippen LogP contribution in [0, 0.1) is 0 Å². The maximum Gasteiger partial charge on any atom is 0.407 e. The summed E-state index contributed by atoms with van der Waals surface area (Å²) in [6.45, 7) is 9.47. The molecule has 7 nitrogen and oxygen atoms in total. The number of hydrogen-bond donors (Lipinski definition) is 2. The van der Waals surface area contributed by atoms with E-state index in [9.17, 15) is 9.90 Å². The summed E-state index contributed by atoms with van der Waals surface area (Å²) in [6.07, 6.45) is -0.525. The van der Waals surface area contributed by atoms with E-state index in [0.29, 0.717) is 13.2 Å². The lowest BCUT2D eigenvalue weighted by Crippen LogP contribution is -2.45. The Bertz CT molecular complexity index is 271. The molecular formula is C13H27NO6. The summed E-state index contributed by atoms with van der Waals surface area (Å²) in [5.74, 6) is -1.47. The molecule has 7 heteroatoms. The Kier molecular flexibility index (Phi) is 8.71. The molecule has 1 amide bonds. The van der Waals surface area contributed by atoms with Gasteiger partial charge in [-0.25, -0.2) is 4.79 Å². The van der Waals surface area contributed by atoms with E-state index in [2.05, 4.69) is 5.32 Å². The van der Waals surface area contributed by atoms with Crippen molar-refractivity contribution in [3.63, 3.8) is 0 Å². The topological polar surface area (TPSA) is 86.3 Å². The normalized spacial score (nSPS) is 12.3. The van der Waals surface area contributed by atoms with Crippen molar-refractivity contribution in [1.82, 2.24) is 5.32 Å². The zero-order chi connectivity index (χ0) is 15.6. The second-order valence-electron chi connectivity index (χ2n) is 4.98. The minimum absolute atomic E-state index is 0.125. The Morgan fingerprint density at radius 3 is 2.05 bits per heavy atom. The van der Waals surface area contributed by atoms with Crippen LogP contribution in [-0.4, -0.2) is 55.7 Å². The molecule has 0 saturated carbocycles. The van der Waals surface area contributed by atoms with E-state index < -0.39 is 24.3 Å². The third-order valence-corrected chi connectivity index (χ3v) is 2.01. The molecule has 20 heavy (non-hydrogen) atoms. The van der Waals surface area contributed by atoms with Crippen molar-refractivity contribution >= 4 is 6.09 Å². The average molecular weight is 293 g/mol. The predicted octanol–water partition coefficient (Wildman–Crippen LogP) is 1.25. The van der Waals surface area contributed by atoms with E-state index in [4.69, 9.17) is 18.9 Å². The standard InChI is InChI=1S/C13H27NO6/c1-6-17-13(10-15,18-7-2)19-9-8-14-11(16)20-12(3,4)5/h15H,6-10H2,1-5H3,(H,14,16). The van der Waals surface area contributed by atoms with Gasteiger partial charge in [0.05, 0.1) is 6.61 Å². The largest absolute Gasteiger partial charge is 0.444 e. The number of ether oxygens (including phenoxy) is 4. The number of carbonyl (C=O) groups is 1. The lowest BCUT2D eigenvalue weighted by molar-refractivity contribution is -0.388. The van der Waals surface area contributed by atoms with Crippen LogP contribution >= 0.6 is 0 Å². The van der Waals surface area contributed by atoms with Crippen molar-refractivity contribution < 1.29 is 28.8 Å². The zero-order valence-corrected chi connectivity index (χ0v) is 13.0. The van der Waals surface area contributed by atoms with Gasteiger partial charge in [0, 0.05) is 19.8 Å². The summed E-state index contributed by atoms with van der Waals surface area (Å²) in [5.41, 5.74) is -0.545. The molecule has 0 aromatic heterocycles. The van der Waals surface area contributed by atoms with Crippen molar-refractivity contribution in [2.24, 2.45) is 0 Å². The Labute approximate surface area is 120 Å². The molecule has 2 N–H and O–H groups in total. The van der Waals surface area contributed by atoms with Crippen LogP contribution < -0.4 is 5.32 Å². The Morgan fingerprint density at radius 2 is 1.65 bits per heavy atom. The van der Waals surface area contributed by atoms with Crippen molar-refractivity contribution in [2.75, 3.05) is 33.0 Å². The van der Waals surface area contributed by atoms with Crippen molar-refractivity contribution in [2.45, 2.75) is 46.2 Å². The number of nitrogens with one attached hydrogen (secondary N) is 1. The number of rotatable bonds is 9. The summed E-state index contributed by atoms with van der Waals surface area (Å²) in [6, 6.07) is 0. The highest BCUT2D eigenvalue weighted by atomic mass is 16.9. The van der Waals surface area contributed by atoms with Crippen LogP contribution in [0.4, 0.5) is 4.79 Å². The second-order valence-corrected chi connectivity index (χ2v) is 4.98. The molecule has 0 aliphatic rings.